The minimum atomic E-state index is 0.533. The lowest BCUT2D eigenvalue weighted by atomic mass is 10.1. The van der Waals surface area contributed by atoms with Gasteiger partial charge in [-0.05, 0) is 25.5 Å². The molecule has 1 fully saturated rings. The molecule has 0 radical (unpaired) electrons. The molecule has 2 N–H and O–H groups in total. The van der Waals surface area contributed by atoms with Crippen molar-refractivity contribution < 1.29 is 9.15 Å². The van der Waals surface area contributed by atoms with Crippen LogP contribution in [0, 0.1) is 12.8 Å². The first kappa shape index (κ1) is 17.9. The zero-order valence-corrected chi connectivity index (χ0v) is 15.5. The largest absolute Gasteiger partial charge is 0.469 e. The lowest BCUT2D eigenvalue weighted by molar-refractivity contribution is 0.187. The molecular weight excluding hydrogens is 336 g/mol. The van der Waals surface area contributed by atoms with E-state index in [1.54, 1.807) is 17.6 Å². The highest BCUT2D eigenvalue weighted by Gasteiger charge is 2.15. The summed E-state index contributed by atoms with van der Waals surface area (Å²) in [5, 5.41) is 7.97. The van der Waals surface area contributed by atoms with Crippen LogP contribution in [0.15, 0.2) is 34.0 Å². The Labute approximate surface area is 152 Å². The molecule has 6 nitrogen and oxygen atoms in total. The molecule has 1 aliphatic rings. The van der Waals surface area contributed by atoms with Gasteiger partial charge in [-0.15, -0.1) is 11.3 Å². The molecule has 2 aromatic rings. The summed E-state index contributed by atoms with van der Waals surface area (Å²) in [5.41, 5.74) is 0. The van der Waals surface area contributed by atoms with Crippen LogP contribution in [0.1, 0.15) is 22.1 Å². The third kappa shape index (κ3) is 6.17. The highest BCUT2D eigenvalue weighted by molar-refractivity contribution is 7.11. The topological polar surface area (TPSA) is 71.7 Å². The average Bonchev–Trinajstić information content (AvgIpc) is 3.35. The summed E-state index contributed by atoms with van der Waals surface area (Å²) < 4.78 is 10.8. The summed E-state index contributed by atoms with van der Waals surface area (Å²) in [5.74, 6) is 2.37. The number of aromatic nitrogens is 1. The van der Waals surface area contributed by atoms with Crippen LogP contribution in [-0.4, -0.2) is 43.8 Å². The number of guanidine groups is 1. The molecule has 1 atom stereocenters. The molecule has 1 unspecified atom stereocenters. The number of aryl methyl sites for hydroxylation is 1. The van der Waals surface area contributed by atoms with Crippen LogP contribution < -0.4 is 10.6 Å². The summed E-state index contributed by atoms with van der Waals surface area (Å²) in [6, 6.07) is 3.91. The van der Waals surface area contributed by atoms with Gasteiger partial charge >= 0.3 is 0 Å². The first-order chi connectivity index (χ1) is 12.3. The minimum absolute atomic E-state index is 0.533. The fourth-order valence-electron chi connectivity index (χ4n) is 2.69. The molecule has 0 aliphatic carbocycles. The van der Waals surface area contributed by atoms with E-state index in [0.717, 1.165) is 68.8 Å². The van der Waals surface area contributed by atoms with Crippen molar-refractivity contribution in [2.45, 2.75) is 26.2 Å². The van der Waals surface area contributed by atoms with Gasteiger partial charge in [0, 0.05) is 56.1 Å². The second-order valence-electron chi connectivity index (χ2n) is 6.22. The van der Waals surface area contributed by atoms with Gasteiger partial charge in [0.2, 0.25) is 0 Å². The van der Waals surface area contributed by atoms with E-state index >= 15 is 0 Å². The number of rotatable bonds is 8. The summed E-state index contributed by atoms with van der Waals surface area (Å²) in [6.07, 6.45) is 6.48. The smallest absolute Gasteiger partial charge is 0.191 e. The van der Waals surface area contributed by atoms with Crippen molar-refractivity contribution in [2.24, 2.45) is 10.9 Å². The Bertz CT molecular complexity index is 648. The Morgan fingerprint density at radius 1 is 1.36 bits per heavy atom. The fourth-order valence-corrected chi connectivity index (χ4v) is 3.47. The molecule has 3 heterocycles. The van der Waals surface area contributed by atoms with E-state index in [-0.39, 0.29) is 0 Å². The van der Waals surface area contributed by atoms with Crippen LogP contribution in [0.3, 0.4) is 0 Å². The Morgan fingerprint density at radius 2 is 2.24 bits per heavy atom. The van der Waals surface area contributed by atoms with Gasteiger partial charge in [0.25, 0.3) is 0 Å². The lowest BCUT2D eigenvalue weighted by Gasteiger charge is -2.13. The van der Waals surface area contributed by atoms with E-state index in [4.69, 9.17) is 14.1 Å². The molecule has 0 aromatic carbocycles. The number of furan rings is 1. The molecule has 2 aromatic heterocycles. The molecule has 1 aliphatic heterocycles. The maximum Gasteiger partial charge on any atom is 0.191 e. The summed E-state index contributed by atoms with van der Waals surface area (Å²) in [7, 11) is 0. The number of hydrogen-bond acceptors (Lipinski definition) is 5. The quantitative estimate of drug-likeness (QED) is 0.557. The van der Waals surface area contributed by atoms with Crippen molar-refractivity contribution in [2.75, 3.05) is 32.8 Å². The SMILES string of the molecule is Cc1cnc(CCNC(=NCC2CCOC2)NCCc2ccco2)s1. The van der Waals surface area contributed by atoms with Crippen molar-refractivity contribution >= 4 is 17.3 Å². The van der Waals surface area contributed by atoms with Crippen molar-refractivity contribution in [1.82, 2.24) is 15.6 Å². The predicted octanol–water partition coefficient (Wildman–Crippen LogP) is 2.40. The number of thiazole rings is 1. The number of ether oxygens (including phenoxy) is 1. The molecule has 136 valence electrons. The standard InChI is InChI=1S/C18H26N4O2S/c1-14-11-21-17(25-14)5-8-20-18(22-12-15-6-10-23-13-15)19-7-4-16-3-2-9-24-16/h2-3,9,11,15H,4-8,10,12-13H2,1H3,(H2,19,20,22). The van der Waals surface area contributed by atoms with Crippen molar-refractivity contribution in [3.05, 3.63) is 40.2 Å². The third-order valence-electron chi connectivity index (χ3n) is 4.08. The van der Waals surface area contributed by atoms with Crippen LogP contribution in [0.4, 0.5) is 0 Å². The molecular formula is C18H26N4O2S. The van der Waals surface area contributed by atoms with Gasteiger partial charge in [0.15, 0.2) is 5.96 Å². The lowest BCUT2D eigenvalue weighted by Crippen LogP contribution is -2.39. The van der Waals surface area contributed by atoms with Crippen LogP contribution >= 0.6 is 11.3 Å². The first-order valence-corrected chi connectivity index (χ1v) is 9.65. The molecule has 0 amide bonds. The summed E-state index contributed by atoms with van der Waals surface area (Å²) >= 11 is 1.75. The van der Waals surface area contributed by atoms with Gasteiger partial charge in [0.05, 0.1) is 17.9 Å². The Hall–Kier alpha value is -1.86. The Balaban J connectivity index is 1.46. The summed E-state index contributed by atoms with van der Waals surface area (Å²) in [6.45, 7) is 6.17. The first-order valence-electron chi connectivity index (χ1n) is 8.83. The number of aliphatic imine (C=N–C) groups is 1. The minimum Gasteiger partial charge on any atom is -0.469 e. The zero-order valence-electron chi connectivity index (χ0n) is 14.7. The molecule has 0 spiro atoms. The van der Waals surface area contributed by atoms with Crippen LogP contribution in [0.5, 0.6) is 0 Å². The van der Waals surface area contributed by atoms with Gasteiger partial charge < -0.3 is 19.8 Å². The second kappa shape index (κ2) is 9.58. The van der Waals surface area contributed by atoms with Crippen LogP contribution in [-0.2, 0) is 17.6 Å². The average molecular weight is 362 g/mol. The number of nitrogens with zero attached hydrogens (tertiary/aromatic N) is 2. The van der Waals surface area contributed by atoms with E-state index in [1.807, 2.05) is 18.3 Å². The predicted molar refractivity (Wildman–Crippen MR) is 100 cm³/mol. The monoisotopic (exact) mass is 362 g/mol. The van der Waals surface area contributed by atoms with Crippen LogP contribution in [0.2, 0.25) is 0 Å². The van der Waals surface area contributed by atoms with Gasteiger partial charge in [-0.3, -0.25) is 4.99 Å². The zero-order chi connectivity index (χ0) is 17.3. The van der Waals surface area contributed by atoms with E-state index < -0.39 is 0 Å². The number of nitrogens with one attached hydrogen (secondary N) is 2. The fraction of sp³-hybridized carbons (Fsp3) is 0.556. The van der Waals surface area contributed by atoms with E-state index in [2.05, 4.69) is 22.5 Å². The molecule has 25 heavy (non-hydrogen) atoms. The van der Waals surface area contributed by atoms with Gasteiger partial charge in [-0.25, -0.2) is 4.98 Å². The van der Waals surface area contributed by atoms with E-state index in [1.165, 1.54) is 4.88 Å². The van der Waals surface area contributed by atoms with Gasteiger partial charge in [0.1, 0.15) is 5.76 Å². The van der Waals surface area contributed by atoms with Gasteiger partial charge in [-0.2, -0.15) is 0 Å². The third-order valence-corrected chi connectivity index (χ3v) is 5.05. The maximum atomic E-state index is 5.43. The molecule has 3 rings (SSSR count). The molecule has 0 bridgehead atoms. The van der Waals surface area contributed by atoms with Crippen molar-refractivity contribution in [3.63, 3.8) is 0 Å². The van der Waals surface area contributed by atoms with E-state index in [9.17, 15) is 0 Å². The second-order valence-corrected chi connectivity index (χ2v) is 7.54. The van der Waals surface area contributed by atoms with Crippen molar-refractivity contribution in [1.29, 1.82) is 0 Å². The highest BCUT2D eigenvalue weighted by atomic mass is 32.1. The molecule has 7 heteroatoms. The molecule has 1 saturated heterocycles. The van der Waals surface area contributed by atoms with Gasteiger partial charge in [-0.1, -0.05) is 0 Å². The summed E-state index contributed by atoms with van der Waals surface area (Å²) in [4.78, 5) is 10.4. The van der Waals surface area contributed by atoms with Crippen molar-refractivity contribution in [3.8, 4) is 0 Å². The number of hydrogen-bond donors (Lipinski definition) is 2. The normalized spacial score (nSPS) is 17.8. The van der Waals surface area contributed by atoms with E-state index in [0.29, 0.717) is 5.92 Å². The Kier molecular flexibility index (Phi) is 6.88. The highest BCUT2D eigenvalue weighted by Crippen LogP contribution is 2.12. The Morgan fingerprint density at radius 3 is 2.92 bits per heavy atom. The van der Waals surface area contributed by atoms with Crippen LogP contribution in [0.25, 0.3) is 0 Å². The maximum absolute atomic E-state index is 5.43. The molecule has 0 saturated carbocycles.